The molecule has 2 aromatic carbocycles. The van der Waals surface area contributed by atoms with Gasteiger partial charge in [-0.1, -0.05) is 207 Å². The quantitative estimate of drug-likeness (QED) is 0.0210. The number of hydrogen-bond donors (Lipinski definition) is 0. The maximum Gasteiger partial charge on any atom is 0.504 e. The van der Waals surface area contributed by atoms with E-state index in [1.807, 2.05) is 0 Å². The molecule has 0 amide bonds. The van der Waals surface area contributed by atoms with Crippen molar-refractivity contribution in [2.24, 2.45) is 0 Å². The predicted molar refractivity (Wildman–Crippen MR) is 278 cm³/mol. The van der Waals surface area contributed by atoms with E-state index in [2.05, 4.69) is 32.5 Å². The molecule has 2 aromatic rings. The van der Waals surface area contributed by atoms with Crippen LogP contribution in [0.2, 0.25) is 0 Å². The van der Waals surface area contributed by atoms with Crippen LogP contribution in [-0.4, -0.2) is 52.4 Å². The molecule has 384 valence electrons. The fourth-order valence-corrected chi connectivity index (χ4v) is 12.2. The molecule has 0 spiro atoms. The van der Waals surface area contributed by atoms with Crippen molar-refractivity contribution in [3.8, 4) is 23.0 Å². The SMILES string of the molecule is CCCCCCCCCCOc1cc(C)c(S(=O)(=O)C(=[N+]=[N-])S(=O)(=O)c2cc(OCCCCCCCCCC)c(OCCCCCCCCCC)cc2C)cc1OCCCCCCCCCC. The van der Waals surface area contributed by atoms with Crippen molar-refractivity contribution in [1.82, 2.24) is 0 Å². The minimum atomic E-state index is -4.92. The van der Waals surface area contributed by atoms with Gasteiger partial charge in [-0.3, -0.25) is 0 Å². The number of nitrogens with zero attached hydrogens (tertiary/aromatic N) is 2. The smallest absolute Gasteiger partial charge is 0.490 e. The molecule has 0 aliphatic heterocycles. The van der Waals surface area contributed by atoms with E-state index >= 15 is 0 Å². The van der Waals surface area contributed by atoms with Crippen LogP contribution < -0.4 is 18.9 Å². The first-order valence-corrected chi connectivity index (χ1v) is 30.0. The normalized spacial score (nSPS) is 11.7. The lowest BCUT2D eigenvalue weighted by Gasteiger charge is -2.17. The predicted octanol–water partition coefficient (Wildman–Crippen LogP) is 16.2. The molecular weight excluding hydrogens is 881 g/mol. The lowest BCUT2D eigenvalue weighted by molar-refractivity contribution is 0.00379. The van der Waals surface area contributed by atoms with Crippen LogP contribution in [-0.2, 0) is 19.7 Å². The summed E-state index contributed by atoms with van der Waals surface area (Å²) in [5, 5.41) is 0. The monoisotopic (exact) mass is 975 g/mol. The Bertz CT molecular complexity index is 1760. The van der Waals surface area contributed by atoms with Gasteiger partial charge >= 0.3 is 4.38 Å². The Hall–Kier alpha value is -3.08. The summed E-state index contributed by atoms with van der Waals surface area (Å²) >= 11 is 0. The van der Waals surface area contributed by atoms with Gasteiger partial charge in [0.05, 0.1) is 36.2 Å². The summed E-state index contributed by atoms with van der Waals surface area (Å²) in [7, 11) is -9.84. The van der Waals surface area contributed by atoms with Crippen LogP contribution >= 0.6 is 0 Å². The average molecular weight is 975 g/mol. The molecule has 10 nitrogen and oxygen atoms in total. The molecule has 0 aliphatic carbocycles. The topological polar surface area (TPSA) is 142 Å². The molecule has 12 heteroatoms. The lowest BCUT2D eigenvalue weighted by atomic mass is 10.1. The van der Waals surface area contributed by atoms with Crippen molar-refractivity contribution >= 4 is 24.1 Å². The van der Waals surface area contributed by atoms with E-state index in [0.29, 0.717) is 37.9 Å². The maximum absolute atomic E-state index is 14.5. The minimum absolute atomic E-state index is 0.215. The standard InChI is InChI=1S/C55H94N2O8S2/c1-7-11-15-19-23-27-31-35-39-62-49-43-47(5)53(45-51(49)64-41-37-33-29-25-21-17-13-9-3)66(58,59)55(57-56)67(60,61)54-46-52(65-42-38-34-30-26-22-18-14-10-4)50(44-48(54)6)63-40-36-32-28-24-20-16-12-8-2/h43-46H,7-42H2,1-6H3. The number of unbranched alkanes of at least 4 members (excludes halogenated alkanes) is 28. The largest absolute Gasteiger partial charge is 0.504 e. The van der Waals surface area contributed by atoms with Gasteiger partial charge in [-0.05, 0) is 62.8 Å². The second kappa shape index (κ2) is 36.8. The third kappa shape index (κ3) is 23.9. The third-order valence-electron chi connectivity index (χ3n) is 12.6. The highest BCUT2D eigenvalue weighted by Gasteiger charge is 2.46. The van der Waals surface area contributed by atoms with E-state index in [4.69, 9.17) is 18.9 Å². The highest BCUT2D eigenvalue weighted by Crippen LogP contribution is 2.38. The van der Waals surface area contributed by atoms with E-state index in [9.17, 15) is 22.4 Å². The number of benzene rings is 2. The number of hydrogen-bond acceptors (Lipinski definition) is 8. The van der Waals surface area contributed by atoms with Gasteiger partial charge in [-0.15, -0.1) is 4.79 Å². The molecule has 2 rings (SSSR count). The second-order valence-electron chi connectivity index (χ2n) is 18.8. The van der Waals surface area contributed by atoms with E-state index in [1.165, 1.54) is 141 Å². The van der Waals surface area contributed by atoms with Crippen molar-refractivity contribution in [3.63, 3.8) is 0 Å². The van der Waals surface area contributed by atoms with Crippen molar-refractivity contribution in [2.75, 3.05) is 26.4 Å². The molecule has 0 saturated carbocycles. The third-order valence-corrected chi connectivity index (χ3v) is 17.1. The summed E-state index contributed by atoms with van der Waals surface area (Å²) in [5.74, 6) is 1.24. The molecule has 0 bridgehead atoms. The van der Waals surface area contributed by atoms with Crippen LogP contribution in [0.3, 0.4) is 0 Å². The fourth-order valence-electron chi connectivity index (χ4n) is 8.43. The van der Waals surface area contributed by atoms with Crippen LogP contribution in [0.5, 0.6) is 23.0 Å². The molecule has 67 heavy (non-hydrogen) atoms. The summed E-state index contributed by atoms with van der Waals surface area (Å²) < 4.78 is 81.6. The van der Waals surface area contributed by atoms with Gasteiger partial charge in [-0.25, -0.2) is 16.8 Å². The van der Waals surface area contributed by atoms with Gasteiger partial charge in [0.1, 0.15) is 0 Å². The Morgan fingerprint density at radius 1 is 0.373 bits per heavy atom. The fraction of sp³-hybridized carbons (Fsp3) is 0.764. The number of aryl methyl sites for hydroxylation is 2. The highest BCUT2D eigenvalue weighted by atomic mass is 32.3. The molecule has 0 fully saturated rings. The first kappa shape index (κ1) is 60.0. The number of sulfone groups is 2. The average Bonchev–Trinajstić information content (AvgIpc) is 3.30. The first-order chi connectivity index (χ1) is 32.5. The molecule has 0 saturated heterocycles. The Kier molecular flexibility index (Phi) is 33.0. The van der Waals surface area contributed by atoms with E-state index < -0.39 is 24.1 Å². The Balaban J connectivity index is 2.37. The summed E-state index contributed by atoms with van der Waals surface area (Å²) in [6, 6.07) is 5.83. The van der Waals surface area contributed by atoms with E-state index in [0.717, 1.165) is 77.0 Å². The van der Waals surface area contributed by atoms with Crippen LogP contribution in [0, 0.1) is 13.8 Å². The van der Waals surface area contributed by atoms with Gasteiger partial charge in [0.25, 0.3) is 19.7 Å². The summed E-state index contributed by atoms with van der Waals surface area (Å²) in [5.41, 5.74) is 10.8. The molecule has 0 atom stereocenters. The lowest BCUT2D eigenvalue weighted by Crippen LogP contribution is -2.27. The zero-order valence-electron chi connectivity index (χ0n) is 43.2. The van der Waals surface area contributed by atoms with Crippen LogP contribution in [0.1, 0.15) is 244 Å². The molecule has 0 aliphatic rings. The highest BCUT2D eigenvalue weighted by molar-refractivity contribution is 8.31. The first-order valence-electron chi connectivity index (χ1n) is 27.0. The van der Waals surface area contributed by atoms with Crippen LogP contribution in [0.4, 0.5) is 0 Å². The van der Waals surface area contributed by atoms with Crippen molar-refractivity contribution in [2.45, 2.75) is 257 Å². The van der Waals surface area contributed by atoms with Gasteiger partial charge in [0.15, 0.2) is 23.0 Å². The summed E-state index contributed by atoms with van der Waals surface area (Å²) in [4.78, 5) is 2.35. The summed E-state index contributed by atoms with van der Waals surface area (Å²) in [6.45, 7) is 13.6. The van der Waals surface area contributed by atoms with Crippen molar-refractivity contribution in [1.29, 1.82) is 0 Å². The Morgan fingerprint density at radius 2 is 0.582 bits per heavy atom. The van der Waals surface area contributed by atoms with Gasteiger partial charge in [0.2, 0.25) is 0 Å². The van der Waals surface area contributed by atoms with E-state index in [-0.39, 0.29) is 32.4 Å². The second-order valence-corrected chi connectivity index (χ2v) is 22.7. The van der Waals surface area contributed by atoms with Gasteiger partial charge < -0.3 is 24.5 Å². The molecule has 0 unspecified atom stereocenters. The van der Waals surface area contributed by atoms with Crippen molar-refractivity contribution in [3.05, 3.63) is 40.9 Å². The van der Waals surface area contributed by atoms with Crippen LogP contribution in [0.25, 0.3) is 5.53 Å². The minimum Gasteiger partial charge on any atom is -0.490 e. The molecular formula is C55H94N2O8S2. The van der Waals surface area contributed by atoms with Crippen LogP contribution in [0.15, 0.2) is 34.1 Å². The van der Waals surface area contributed by atoms with E-state index in [1.54, 1.807) is 26.0 Å². The zero-order chi connectivity index (χ0) is 49.0. The molecule has 0 aromatic heterocycles. The Labute approximate surface area is 409 Å². The molecule has 0 N–H and O–H groups in total. The molecule has 0 radical (unpaired) electrons. The van der Waals surface area contributed by atoms with Gasteiger partial charge in [-0.2, -0.15) is 0 Å². The van der Waals surface area contributed by atoms with Crippen molar-refractivity contribution < 1.29 is 40.6 Å². The maximum atomic E-state index is 14.5. The number of ether oxygens (including phenoxy) is 4. The molecule has 0 heterocycles. The number of rotatable bonds is 42. The Morgan fingerprint density at radius 3 is 0.806 bits per heavy atom. The zero-order valence-corrected chi connectivity index (χ0v) is 44.9. The summed E-state index contributed by atoms with van der Waals surface area (Å²) in [6.07, 6.45) is 36.2. The van der Waals surface area contributed by atoms with Gasteiger partial charge in [0, 0.05) is 12.1 Å².